The van der Waals surface area contributed by atoms with Crippen LogP contribution in [0.25, 0.3) is 0 Å². The van der Waals surface area contributed by atoms with E-state index in [0.717, 1.165) is 4.47 Å². The molecule has 0 fully saturated rings. The molecule has 2 nitrogen and oxygen atoms in total. The molecule has 2 unspecified atom stereocenters. The molecule has 0 aliphatic rings. The Hall–Kier alpha value is -0.260. The fourth-order valence-electron chi connectivity index (χ4n) is 2.30. The molecule has 0 amide bonds. The van der Waals surface area contributed by atoms with Crippen molar-refractivity contribution >= 4 is 43.6 Å². The third kappa shape index (κ3) is 5.43. The van der Waals surface area contributed by atoms with Gasteiger partial charge in [0.25, 0.3) is 0 Å². The number of hydrogen-bond acceptors (Lipinski definition) is 2. The lowest BCUT2D eigenvalue weighted by atomic mass is 10.1. The van der Waals surface area contributed by atoms with Crippen molar-refractivity contribution in [2.75, 3.05) is 5.75 Å². The van der Waals surface area contributed by atoms with Crippen molar-refractivity contribution in [2.45, 2.75) is 42.8 Å². The van der Waals surface area contributed by atoms with Gasteiger partial charge in [-0.3, -0.25) is 0 Å². The van der Waals surface area contributed by atoms with Crippen LogP contribution in [-0.2, 0) is 0 Å². The van der Waals surface area contributed by atoms with Gasteiger partial charge in [0, 0.05) is 16.9 Å². The summed E-state index contributed by atoms with van der Waals surface area (Å²) in [6.07, 6.45) is 11.0. The number of benzene rings is 1. The maximum Gasteiger partial charge on any atom is 0.106 e. The van der Waals surface area contributed by atoms with Crippen molar-refractivity contribution < 1.29 is 0 Å². The van der Waals surface area contributed by atoms with Gasteiger partial charge >= 0.3 is 0 Å². The predicted molar refractivity (Wildman–Crippen MR) is 104 cm³/mol. The molecule has 0 radical (unpaired) electrons. The summed E-state index contributed by atoms with van der Waals surface area (Å²) in [6.45, 7) is 2.26. The minimum absolute atomic E-state index is 0.215. The second-order valence-corrected chi connectivity index (χ2v) is 8.39. The minimum Gasteiger partial charge on any atom is -0.323 e. The van der Waals surface area contributed by atoms with E-state index in [1.54, 1.807) is 0 Å². The Balaban J connectivity index is 2.05. The molecular formula is C17H22Br2N2S. The van der Waals surface area contributed by atoms with Gasteiger partial charge in [-0.15, -0.1) is 0 Å². The molecule has 1 heterocycles. The number of unbranched alkanes of at least 4 members (excludes halogenated alkanes) is 3. The second-order valence-electron chi connectivity index (χ2n) is 5.29. The van der Waals surface area contributed by atoms with Gasteiger partial charge in [0.05, 0.1) is 11.6 Å². The largest absolute Gasteiger partial charge is 0.323 e. The monoisotopic (exact) mass is 444 g/mol. The lowest BCUT2D eigenvalue weighted by Crippen LogP contribution is -2.09. The Morgan fingerprint density at radius 1 is 1.18 bits per heavy atom. The average molecular weight is 446 g/mol. The number of alkyl halides is 1. The Morgan fingerprint density at radius 3 is 2.59 bits per heavy atom. The highest BCUT2D eigenvalue weighted by Crippen LogP contribution is 2.43. The fourth-order valence-corrected chi connectivity index (χ4v) is 4.84. The summed E-state index contributed by atoms with van der Waals surface area (Å²) >= 11 is 9.40. The van der Waals surface area contributed by atoms with Crippen molar-refractivity contribution in [1.29, 1.82) is 0 Å². The minimum atomic E-state index is 0.215. The number of hydrogen-bond donors (Lipinski definition) is 0. The highest BCUT2D eigenvalue weighted by atomic mass is 79.9. The number of imidazole rings is 1. The molecule has 120 valence electrons. The van der Waals surface area contributed by atoms with E-state index in [4.69, 9.17) is 0 Å². The molecule has 22 heavy (non-hydrogen) atoms. The van der Waals surface area contributed by atoms with Crippen molar-refractivity contribution in [2.24, 2.45) is 0 Å². The summed E-state index contributed by atoms with van der Waals surface area (Å²) in [4.78, 5) is 4.39. The summed E-state index contributed by atoms with van der Waals surface area (Å²) in [5.41, 5.74) is 1.35. The number of thioether (sulfide) groups is 1. The van der Waals surface area contributed by atoms with Crippen molar-refractivity contribution in [3.05, 3.63) is 53.0 Å². The van der Waals surface area contributed by atoms with E-state index in [-0.39, 0.29) is 4.95 Å². The third-order valence-corrected chi connectivity index (χ3v) is 6.85. The lowest BCUT2D eigenvalue weighted by molar-refractivity contribution is 0.670. The molecule has 0 N–H and O–H groups in total. The Kier molecular flexibility index (Phi) is 8.04. The van der Waals surface area contributed by atoms with Crippen LogP contribution in [0.5, 0.6) is 0 Å². The Bertz CT molecular complexity index is 528. The van der Waals surface area contributed by atoms with Crippen molar-refractivity contribution in [3.63, 3.8) is 0 Å². The summed E-state index contributed by atoms with van der Waals surface area (Å²) in [7, 11) is 0. The van der Waals surface area contributed by atoms with Crippen LogP contribution in [0.15, 0.2) is 47.5 Å². The van der Waals surface area contributed by atoms with Crippen molar-refractivity contribution in [1.82, 2.24) is 9.55 Å². The fraction of sp³-hybridized carbons (Fsp3) is 0.471. The highest BCUT2D eigenvalue weighted by Gasteiger charge is 2.22. The van der Waals surface area contributed by atoms with Gasteiger partial charge in [-0.25, -0.2) is 4.98 Å². The Labute approximate surface area is 154 Å². The van der Waals surface area contributed by atoms with E-state index >= 15 is 0 Å². The van der Waals surface area contributed by atoms with Crippen LogP contribution < -0.4 is 0 Å². The van der Waals surface area contributed by atoms with Gasteiger partial charge in [-0.1, -0.05) is 70.2 Å². The maximum atomic E-state index is 4.17. The van der Waals surface area contributed by atoms with Gasteiger partial charge < -0.3 is 4.57 Å². The van der Waals surface area contributed by atoms with E-state index < -0.39 is 0 Å². The zero-order valence-electron chi connectivity index (χ0n) is 12.8. The first-order valence-corrected chi connectivity index (χ1v) is 10.5. The summed E-state index contributed by atoms with van der Waals surface area (Å²) in [5, 5.41) is 0.379. The van der Waals surface area contributed by atoms with Gasteiger partial charge in [-0.05, 0) is 29.9 Å². The first kappa shape index (κ1) is 18.1. The first-order valence-electron chi connectivity index (χ1n) is 7.71. The summed E-state index contributed by atoms with van der Waals surface area (Å²) in [6, 6.07) is 8.65. The van der Waals surface area contributed by atoms with E-state index in [0.29, 0.717) is 5.25 Å². The molecule has 1 aromatic heterocycles. The number of nitrogens with zero attached hydrogens (tertiary/aromatic N) is 2. The van der Waals surface area contributed by atoms with E-state index in [9.17, 15) is 0 Å². The van der Waals surface area contributed by atoms with Crippen molar-refractivity contribution in [3.8, 4) is 0 Å². The molecule has 5 heteroatoms. The summed E-state index contributed by atoms with van der Waals surface area (Å²) < 4.78 is 3.25. The molecule has 0 bridgehead atoms. The van der Waals surface area contributed by atoms with Crippen LogP contribution in [-0.4, -0.2) is 15.3 Å². The normalized spacial score (nSPS) is 14.0. The number of rotatable bonds is 9. The summed E-state index contributed by atoms with van der Waals surface area (Å²) in [5.74, 6) is 1.19. The molecule has 1 aromatic carbocycles. The molecular weight excluding hydrogens is 424 g/mol. The molecule has 2 rings (SSSR count). The average Bonchev–Trinajstić information content (AvgIpc) is 3.06. The maximum absolute atomic E-state index is 4.17. The molecule has 0 aliphatic carbocycles. The predicted octanol–water partition coefficient (Wildman–Crippen LogP) is 6.59. The zero-order chi connectivity index (χ0) is 15.8. The van der Waals surface area contributed by atoms with E-state index in [2.05, 4.69) is 72.6 Å². The van der Waals surface area contributed by atoms with Crippen LogP contribution in [0.1, 0.15) is 48.4 Å². The molecule has 0 saturated heterocycles. The van der Waals surface area contributed by atoms with Crippen LogP contribution in [0.4, 0.5) is 0 Å². The quantitative estimate of drug-likeness (QED) is 0.319. The number of aromatic nitrogens is 2. The van der Waals surface area contributed by atoms with Gasteiger partial charge in [0.1, 0.15) is 4.95 Å². The van der Waals surface area contributed by atoms with Gasteiger partial charge in [0.2, 0.25) is 0 Å². The number of halogens is 2. The third-order valence-electron chi connectivity index (χ3n) is 3.55. The molecule has 0 spiro atoms. The standard InChI is InChI=1S/C17H22Br2N2S/c1-2-3-4-5-12-22-16(14-6-8-15(18)9-7-14)17(19)21-11-10-20-13-21/h6-11,13,16-17H,2-5,12H2,1H3. The first-order chi connectivity index (χ1) is 10.7. The Morgan fingerprint density at radius 2 is 1.95 bits per heavy atom. The second kappa shape index (κ2) is 9.78. The SMILES string of the molecule is CCCCCCSC(c1ccc(Br)cc1)C(Br)n1ccnc1. The zero-order valence-corrected chi connectivity index (χ0v) is 16.8. The van der Waals surface area contributed by atoms with Gasteiger partial charge in [0.15, 0.2) is 0 Å². The lowest BCUT2D eigenvalue weighted by Gasteiger charge is -2.24. The van der Waals surface area contributed by atoms with Gasteiger partial charge in [-0.2, -0.15) is 11.8 Å². The molecule has 0 saturated carbocycles. The molecule has 0 aliphatic heterocycles. The van der Waals surface area contributed by atoms with Crippen LogP contribution in [0, 0.1) is 0 Å². The molecule has 2 atom stereocenters. The van der Waals surface area contributed by atoms with Crippen LogP contribution in [0.3, 0.4) is 0 Å². The molecule has 2 aromatic rings. The topological polar surface area (TPSA) is 17.8 Å². The van der Waals surface area contributed by atoms with Crippen LogP contribution >= 0.6 is 43.6 Å². The highest BCUT2D eigenvalue weighted by molar-refractivity contribution is 9.10. The smallest absolute Gasteiger partial charge is 0.106 e. The van der Waals surface area contributed by atoms with E-state index in [1.807, 2.05) is 30.5 Å². The van der Waals surface area contributed by atoms with E-state index in [1.165, 1.54) is 37.0 Å². The van der Waals surface area contributed by atoms with Crippen LogP contribution in [0.2, 0.25) is 0 Å².